The fraction of sp³-hybridized carbons (Fsp3) is 0.588. The number of nitrogens with zero attached hydrogens (tertiary/aromatic N) is 1. The Morgan fingerprint density at radius 1 is 1.17 bits per heavy atom. The third-order valence-corrected chi connectivity index (χ3v) is 6.73. The van der Waals surface area contributed by atoms with Gasteiger partial charge in [0, 0.05) is 19.6 Å². The van der Waals surface area contributed by atoms with Crippen LogP contribution in [0.2, 0.25) is 0 Å². The lowest BCUT2D eigenvalue weighted by Crippen LogP contribution is -2.40. The van der Waals surface area contributed by atoms with Gasteiger partial charge in [0.25, 0.3) is 0 Å². The van der Waals surface area contributed by atoms with Crippen molar-refractivity contribution in [3.05, 3.63) is 29.8 Å². The van der Waals surface area contributed by atoms with Crippen LogP contribution in [0.3, 0.4) is 0 Å². The van der Waals surface area contributed by atoms with Crippen molar-refractivity contribution in [2.75, 3.05) is 19.6 Å². The predicted molar refractivity (Wildman–Crippen MR) is 91.9 cm³/mol. The first-order valence-corrected chi connectivity index (χ1v) is 10.1. The number of carbonyl (C=O) groups excluding carboxylic acids is 1. The molecule has 2 fully saturated rings. The van der Waals surface area contributed by atoms with E-state index < -0.39 is 10.0 Å². The largest absolute Gasteiger partial charge is 0.351 e. The summed E-state index contributed by atoms with van der Waals surface area (Å²) in [6.45, 7) is 2.25. The van der Waals surface area contributed by atoms with Crippen molar-refractivity contribution in [1.82, 2.24) is 14.9 Å². The van der Waals surface area contributed by atoms with Gasteiger partial charge in [-0.3, -0.25) is 4.79 Å². The Balaban J connectivity index is 1.73. The highest BCUT2D eigenvalue weighted by atomic mass is 32.2. The topological polar surface area (TPSA) is 78.5 Å². The van der Waals surface area contributed by atoms with Crippen LogP contribution < -0.4 is 10.6 Å². The summed E-state index contributed by atoms with van der Waals surface area (Å²) >= 11 is 0. The van der Waals surface area contributed by atoms with E-state index in [2.05, 4.69) is 10.6 Å². The molecule has 0 spiro atoms. The van der Waals surface area contributed by atoms with E-state index in [9.17, 15) is 13.2 Å². The van der Waals surface area contributed by atoms with Crippen LogP contribution in [0.25, 0.3) is 0 Å². The minimum Gasteiger partial charge on any atom is -0.351 e. The Morgan fingerprint density at radius 2 is 1.92 bits per heavy atom. The molecular formula is C17H25N3O3S. The molecule has 0 aliphatic carbocycles. The smallest absolute Gasteiger partial charge is 0.243 e. The SMILES string of the molecule is O=C(NCc1ccccc1S(=O)(=O)N1CCCCC1)C1CCCN1. The third kappa shape index (κ3) is 3.79. The van der Waals surface area contributed by atoms with Crippen LogP contribution in [0.5, 0.6) is 0 Å². The summed E-state index contributed by atoms with van der Waals surface area (Å²) in [6, 6.07) is 6.81. The normalized spacial score (nSPS) is 22.4. The second kappa shape index (κ2) is 7.63. The lowest BCUT2D eigenvalue weighted by atomic mass is 10.2. The molecule has 6 nitrogen and oxygen atoms in total. The van der Waals surface area contributed by atoms with Gasteiger partial charge < -0.3 is 10.6 Å². The van der Waals surface area contributed by atoms with E-state index in [0.29, 0.717) is 23.5 Å². The number of piperidine rings is 1. The van der Waals surface area contributed by atoms with Gasteiger partial charge in [0.1, 0.15) is 0 Å². The van der Waals surface area contributed by atoms with E-state index in [0.717, 1.165) is 38.6 Å². The average Bonchev–Trinajstić information content (AvgIpc) is 3.15. The minimum atomic E-state index is -3.49. The van der Waals surface area contributed by atoms with E-state index in [4.69, 9.17) is 0 Å². The summed E-state index contributed by atoms with van der Waals surface area (Å²) in [5.74, 6) is -0.0577. The Morgan fingerprint density at radius 3 is 2.62 bits per heavy atom. The van der Waals surface area contributed by atoms with Crippen LogP contribution in [-0.2, 0) is 21.4 Å². The zero-order chi connectivity index (χ0) is 17.0. The summed E-state index contributed by atoms with van der Waals surface area (Å²) in [5, 5.41) is 6.02. The molecule has 2 aliphatic rings. The van der Waals surface area contributed by atoms with E-state index in [1.54, 1.807) is 22.5 Å². The number of nitrogens with one attached hydrogen (secondary N) is 2. The highest BCUT2D eigenvalue weighted by Crippen LogP contribution is 2.23. The number of hydrogen-bond acceptors (Lipinski definition) is 4. The first kappa shape index (κ1) is 17.4. The molecule has 1 amide bonds. The molecule has 2 saturated heterocycles. The molecule has 2 N–H and O–H groups in total. The number of carbonyl (C=O) groups is 1. The average molecular weight is 351 g/mol. The summed E-state index contributed by atoms with van der Waals surface area (Å²) in [7, 11) is -3.49. The summed E-state index contributed by atoms with van der Waals surface area (Å²) in [6.07, 6.45) is 4.73. The Labute approximate surface area is 143 Å². The molecular weight excluding hydrogens is 326 g/mol. The molecule has 1 unspecified atom stereocenters. The van der Waals surface area contributed by atoms with E-state index in [1.807, 2.05) is 6.07 Å². The number of hydrogen-bond donors (Lipinski definition) is 2. The number of sulfonamides is 1. The van der Waals surface area contributed by atoms with Gasteiger partial charge in [0.05, 0.1) is 10.9 Å². The summed E-state index contributed by atoms with van der Waals surface area (Å²) < 4.78 is 27.4. The molecule has 0 saturated carbocycles. The zero-order valence-corrected chi connectivity index (χ0v) is 14.6. The molecule has 0 bridgehead atoms. The maximum Gasteiger partial charge on any atom is 0.243 e. The van der Waals surface area contributed by atoms with Gasteiger partial charge in [-0.25, -0.2) is 8.42 Å². The van der Waals surface area contributed by atoms with Crippen molar-refractivity contribution in [3.8, 4) is 0 Å². The standard InChI is InChI=1S/C17H25N3O3S/c21-17(15-8-6-10-18-15)19-13-14-7-2-3-9-16(14)24(22,23)20-11-4-1-5-12-20/h2-3,7,9,15,18H,1,4-6,8,10-13H2,(H,19,21). The monoisotopic (exact) mass is 351 g/mol. The molecule has 2 aliphatic heterocycles. The van der Waals surface area contributed by atoms with E-state index >= 15 is 0 Å². The Bertz CT molecular complexity index is 678. The maximum absolute atomic E-state index is 12.9. The summed E-state index contributed by atoms with van der Waals surface area (Å²) in [4.78, 5) is 12.5. The van der Waals surface area contributed by atoms with Crippen LogP contribution in [-0.4, -0.2) is 44.3 Å². The fourth-order valence-electron chi connectivity index (χ4n) is 3.36. The number of benzene rings is 1. The molecule has 2 heterocycles. The molecule has 1 atom stereocenters. The fourth-order valence-corrected chi connectivity index (χ4v) is 5.10. The zero-order valence-electron chi connectivity index (χ0n) is 13.8. The van der Waals surface area contributed by atoms with Crippen LogP contribution in [0.15, 0.2) is 29.2 Å². The van der Waals surface area contributed by atoms with E-state index in [1.165, 1.54) is 0 Å². The third-order valence-electron chi connectivity index (χ3n) is 4.74. The van der Waals surface area contributed by atoms with Gasteiger partial charge in [0.2, 0.25) is 15.9 Å². The van der Waals surface area contributed by atoms with Gasteiger partial charge >= 0.3 is 0 Å². The lowest BCUT2D eigenvalue weighted by molar-refractivity contribution is -0.122. The summed E-state index contributed by atoms with van der Waals surface area (Å²) in [5.41, 5.74) is 0.648. The van der Waals surface area contributed by atoms with Crippen molar-refractivity contribution in [1.29, 1.82) is 0 Å². The molecule has 132 valence electrons. The lowest BCUT2D eigenvalue weighted by Gasteiger charge is -2.27. The van der Waals surface area contributed by atoms with Crippen LogP contribution in [0, 0.1) is 0 Å². The Hall–Kier alpha value is -1.44. The molecule has 0 aromatic heterocycles. The van der Waals surface area contributed by atoms with Gasteiger partial charge in [-0.2, -0.15) is 4.31 Å². The predicted octanol–water partition coefficient (Wildman–Crippen LogP) is 1.23. The van der Waals surface area contributed by atoms with Crippen molar-refractivity contribution in [2.24, 2.45) is 0 Å². The van der Waals surface area contributed by atoms with Gasteiger partial charge in [-0.05, 0) is 43.9 Å². The molecule has 3 rings (SSSR count). The van der Waals surface area contributed by atoms with Crippen molar-refractivity contribution < 1.29 is 13.2 Å². The number of rotatable bonds is 5. The van der Waals surface area contributed by atoms with Gasteiger partial charge in [-0.15, -0.1) is 0 Å². The highest BCUT2D eigenvalue weighted by molar-refractivity contribution is 7.89. The van der Waals surface area contributed by atoms with Crippen molar-refractivity contribution in [3.63, 3.8) is 0 Å². The molecule has 24 heavy (non-hydrogen) atoms. The minimum absolute atomic E-state index is 0.0577. The van der Waals surface area contributed by atoms with E-state index in [-0.39, 0.29) is 18.5 Å². The van der Waals surface area contributed by atoms with Crippen LogP contribution in [0.4, 0.5) is 0 Å². The van der Waals surface area contributed by atoms with Gasteiger partial charge in [-0.1, -0.05) is 24.6 Å². The first-order valence-electron chi connectivity index (χ1n) is 8.68. The molecule has 1 aromatic carbocycles. The second-order valence-corrected chi connectivity index (χ2v) is 8.35. The van der Waals surface area contributed by atoms with Crippen LogP contribution in [0.1, 0.15) is 37.7 Å². The first-order chi connectivity index (χ1) is 11.6. The molecule has 0 radical (unpaired) electrons. The Kier molecular flexibility index (Phi) is 5.53. The quantitative estimate of drug-likeness (QED) is 0.836. The molecule has 7 heteroatoms. The number of amides is 1. The second-order valence-electron chi connectivity index (χ2n) is 6.44. The maximum atomic E-state index is 12.9. The van der Waals surface area contributed by atoms with Crippen LogP contribution >= 0.6 is 0 Å². The van der Waals surface area contributed by atoms with Crippen molar-refractivity contribution in [2.45, 2.75) is 49.6 Å². The molecule has 1 aromatic rings. The van der Waals surface area contributed by atoms with Gasteiger partial charge in [0.15, 0.2) is 0 Å². The highest BCUT2D eigenvalue weighted by Gasteiger charge is 2.28. The van der Waals surface area contributed by atoms with Crippen molar-refractivity contribution >= 4 is 15.9 Å².